The number of amides is 1. The molecule has 0 saturated carbocycles. The number of hydrogen-bond donors (Lipinski definition) is 1. The van der Waals surface area contributed by atoms with Gasteiger partial charge in [-0.05, 0) is 29.8 Å². The highest BCUT2D eigenvalue weighted by Crippen LogP contribution is 2.25. The molecule has 126 valence electrons. The average molecular weight is 353 g/mol. The topological polar surface area (TPSA) is 51.1 Å². The average Bonchev–Trinajstić information content (AvgIpc) is 3.08. The van der Waals surface area contributed by atoms with E-state index < -0.39 is 0 Å². The summed E-state index contributed by atoms with van der Waals surface area (Å²) in [5.74, 6) is -0.518. The predicted octanol–water partition coefficient (Wildman–Crippen LogP) is 4.38. The van der Waals surface area contributed by atoms with E-state index in [1.54, 1.807) is 30.5 Å². The largest absolute Gasteiger partial charge is 0.351 e. The second-order valence-corrected chi connectivity index (χ2v) is 6.09. The maximum absolute atomic E-state index is 12.2. The monoisotopic (exact) mass is 352 g/mol. The van der Waals surface area contributed by atoms with Gasteiger partial charge in [-0.2, -0.15) is 0 Å². The highest BCUT2D eigenvalue weighted by Gasteiger charge is 2.15. The van der Waals surface area contributed by atoms with E-state index in [1.165, 1.54) is 0 Å². The van der Waals surface area contributed by atoms with Crippen LogP contribution >= 0.6 is 11.6 Å². The van der Waals surface area contributed by atoms with Gasteiger partial charge in [-0.1, -0.05) is 48.0 Å². The molecule has 1 amide bonds. The first-order valence-corrected chi connectivity index (χ1v) is 8.27. The first-order chi connectivity index (χ1) is 12.2. The second-order valence-electron chi connectivity index (χ2n) is 5.68. The third kappa shape index (κ3) is 4.17. The van der Waals surface area contributed by atoms with Crippen LogP contribution in [-0.2, 0) is 11.3 Å². The number of carbonyl (C=O) groups is 2. The number of aromatic nitrogens is 1. The maximum atomic E-state index is 12.2. The number of nitrogens with one attached hydrogen (secondary N) is 1. The Balaban J connectivity index is 1.70. The van der Waals surface area contributed by atoms with E-state index in [1.807, 2.05) is 47.2 Å². The molecule has 25 heavy (non-hydrogen) atoms. The van der Waals surface area contributed by atoms with Gasteiger partial charge in [0, 0.05) is 29.5 Å². The van der Waals surface area contributed by atoms with E-state index in [4.69, 9.17) is 11.6 Å². The van der Waals surface area contributed by atoms with Gasteiger partial charge in [-0.3, -0.25) is 4.79 Å². The molecule has 5 heteroatoms. The smallest absolute Gasteiger partial charge is 0.255 e. The van der Waals surface area contributed by atoms with E-state index >= 15 is 0 Å². The fourth-order valence-electron chi connectivity index (χ4n) is 2.64. The van der Waals surface area contributed by atoms with Crippen molar-refractivity contribution in [2.24, 2.45) is 0 Å². The molecule has 0 aliphatic rings. The van der Waals surface area contributed by atoms with Gasteiger partial charge in [-0.25, -0.2) is 0 Å². The Morgan fingerprint density at radius 1 is 1.08 bits per heavy atom. The van der Waals surface area contributed by atoms with Crippen molar-refractivity contribution in [2.75, 3.05) is 5.32 Å². The van der Waals surface area contributed by atoms with Gasteiger partial charge >= 0.3 is 0 Å². The lowest BCUT2D eigenvalue weighted by Crippen LogP contribution is -2.12. The molecule has 0 aliphatic heterocycles. The normalized spacial score (nSPS) is 11.7. The number of aldehydes is 1. The second kappa shape index (κ2) is 7.81. The van der Waals surface area contributed by atoms with Crippen LogP contribution in [0.4, 0.5) is 5.69 Å². The molecule has 1 atom stereocenters. The highest BCUT2D eigenvalue weighted by atomic mass is 35.5. The van der Waals surface area contributed by atoms with Gasteiger partial charge in [0.05, 0.1) is 11.6 Å². The van der Waals surface area contributed by atoms with Gasteiger partial charge in [0.25, 0.3) is 5.91 Å². The Morgan fingerprint density at radius 3 is 2.52 bits per heavy atom. The lowest BCUT2D eigenvalue weighted by Gasteiger charge is -2.13. The van der Waals surface area contributed by atoms with Crippen LogP contribution in [0.25, 0.3) is 0 Å². The number of rotatable bonds is 6. The van der Waals surface area contributed by atoms with Crippen molar-refractivity contribution in [3.8, 4) is 0 Å². The summed E-state index contributed by atoms with van der Waals surface area (Å²) in [5, 5.41) is 3.42. The molecule has 0 spiro atoms. The number of carbonyl (C=O) groups excluding carboxylic acids is 2. The van der Waals surface area contributed by atoms with Crippen LogP contribution in [0.15, 0.2) is 73.1 Å². The first kappa shape index (κ1) is 17.0. The number of halogens is 1. The lowest BCUT2D eigenvalue weighted by molar-refractivity contribution is -0.109. The van der Waals surface area contributed by atoms with Crippen LogP contribution in [0.3, 0.4) is 0 Å². The minimum absolute atomic E-state index is 0.170. The van der Waals surface area contributed by atoms with E-state index in [-0.39, 0.29) is 11.8 Å². The molecule has 1 heterocycles. The quantitative estimate of drug-likeness (QED) is 0.669. The summed E-state index contributed by atoms with van der Waals surface area (Å²) in [5.41, 5.74) is 2.07. The number of nitrogens with zero attached hydrogens (tertiary/aromatic N) is 1. The molecule has 1 aromatic heterocycles. The van der Waals surface area contributed by atoms with Crippen molar-refractivity contribution >= 4 is 29.5 Å². The zero-order valence-electron chi connectivity index (χ0n) is 13.4. The summed E-state index contributed by atoms with van der Waals surface area (Å²) in [6, 6.07) is 18.1. The molecule has 0 saturated heterocycles. The van der Waals surface area contributed by atoms with Crippen molar-refractivity contribution in [2.45, 2.75) is 12.5 Å². The third-order valence-electron chi connectivity index (χ3n) is 3.92. The fourth-order valence-corrected chi connectivity index (χ4v) is 2.91. The summed E-state index contributed by atoms with van der Waals surface area (Å²) in [7, 11) is 0. The van der Waals surface area contributed by atoms with Crippen LogP contribution in [0.2, 0.25) is 5.02 Å². The van der Waals surface area contributed by atoms with Gasteiger partial charge in [-0.15, -0.1) is 0 Å². The van der Waals surface area contributed by atoms with Crippen molar-refractivity contribution in [3.63, 3.8) is 0 Å². The molecular formula is C20H17ClN2O2. The van der Waals surface area contributed by atoms with E-state index in [9.17, 15) is 9.59 Å². The van der Waals surface area contributed by atoms with Gasteiger partial charge in [0.15, 0.2) is 0 Å². The Bertz CT molecular complexity index is 874. The summed E-state index contributed by atoms with van der Waals surface area (Å²) < 4.78 is 1.86. The lowest BCUT2D eigenvalue weighted by atomic mass is 10.0. The van der Waals surface area contributed by atoms with E-state index in [2.05, 4.69) is 5.32 Å². The summed E-state index contributed by atoms with van der Waals surface area (Å²) >= 11 is 6.18. The molecule has 0 radical (unpaired) electrons. The molecule has 2 aromatic carbocycles. The number of benzene rings is 2. The molecule has 4 nitrogen and oxygen atoms in total. The maximum Gasteiger partial charge on any atom is 0.255 e. The van der Waals surface area contributed by atoms with Crippen LogP contribution in [0, 0.1) is 0 Å². The molecule has 1 unspecified atom stereocenters. The first-order valence-electron chi connectivity index (χ1n) is 7.89. The molecule has 3 rings (SSSR count). The molecule has 0 bridgehead atoms. The summed E-state index contributed by atoms with van der Waals surface area (Å²) in [6.45, 7) is 0.453. The van der Waals surface area contributed by atoms with E-state index in [0.29, 0.717) is 22.8 Å². The van der Waals surface area contributed by atoms with Crippen LogP contribution in [-0.4, -0.2) is 16.8 Å². The van der Waals surface area contributed by atoms with Gasteiger partial charge in [0.2, 0.25) is 0 Å². The van der Waals surface area contributed by atoms with Crippen molar-refractivity contribution in [1.29, 1.82) is 0 Å². The van der Waals surface area contributed by atoms with Crippen molar-refractivity contribution < 1.29 is 9.59 Å². The van der Waals surface area contributed by atoms with E-state index in [0.717, 1.165) is 11.8 Å². The minimum Gasteiger partial charge on any atom is -0.351 e. The summed E-state index contributed by atoms with van der Waals surface area (Å²) in [6.07, 6.45) is 4.52. The Kier molecular flexibility index (Phi) is 5.31. The molecule has 3 aromatic rings. The minimum atomic E-state index is -0.348. The Hall–Kier alpha value is -2.85. The van der Waals surface area contributed by atoms with Gasteiger partial charge < -0.3 is 14.7 Å². The molecule has 0 aliphatic carbocycles. The van der Waals surface area contributed by atoms with Crippen LogP contribution in [0.5, 0.6) is 0 Å². The number of anilines is 1. The molecule has 0 fully saturated rings. The predicted molar refractivity (Wildman–Crippen MR) is 99.1 cm³/mol. The van der Waals surface area contributed by atoms with Crippen molar-refractivity contribution in [3.05, 3.63) is 89.2 Å². The number of hydrogen-bond acceptors (Lipinski definition) is 2. The third-order valence-corrected chi connectivity index (χ3v) is 4.27. The SMILES string of the molecule is O=CC(Cn1ccc(NC(=O)c2ccccc2)c1)c1ccccc1Cl. The molecule has 1 N–H and O–H groups in total. The van der Waals surface area contributed by atoms with Crippen LogP contribution in [0.1, 0.15) is 21.8 Å². The fraction of sp³-hybridized carbons (Fsp3) is 0.100. The summed E-state index contributed by atoms with van der Waals surface area (Å²) in [4.78, 5) is 23.7. The van der Waals surface area contributed by atoms with Crippen LogP contribution < -0.4 is 5.32 Å². The highest BCUT2D eigenvalue weighted by molar-refractivity contribution is 6.31. The zero-order chi connectivity index (χ0) is 17.6. The van der Waals surface area contributed by atoms with Crippen molar-refractivity contribution in [1.82, 2.24) is 4.57 Å². The molecular weight excluding hydrogens is 336 g/mol. The Labute approximate surface area is 151 Å². The van der Waals surface area contributed by atoms with Gasteiger partial charge in [0.1, 0.15) is 6.29 Å². The Morgan fingerprint density at radius 2 is 1.80 bits per heavy atom. The standard InChI is InChI=1S/C20H17ClN2O2/c21-19-9-5-4-8-18(19)16(14-24)12-23-11-10-17(13-23)22-20(25)15-6-2-1-3-7-15/h1-11,13-14,16H,12H2,(H,22,25). The zero-order valence-corrected chi connectivity index (χ0v) is 14.2.